The lowest BCUT2D eigenvalue weighted by molar-refractivity contribution is 0.113. The molecular formula is C13H27N3O. The molecule has 2 rings (SSSR count). The summed E-state index contributed by atoms with van der Waals surface area (Å²) in [6.07, 6.45) is 3.71. The summed E-state index contributed by atoms with van der Waals surface area (Å²) in [4.78, 5) is 5.19. The Labute approximate surface area is 105 Å². The Morgan fingerprint density at radius 2 is 1.94 bits per heavy atom. The summed E-state index contributed by atoms with van der Waals surface area (Å²) in [6.45, 7) is 9.38. The minimum atomic E-state index is 0.291. The first-order valence-electron chi connectivity index (χ1n) is 7.14. The summed E-state index contributed by atoms with van der Waals surface area (Å²) in [6, 6.07) is 1.37. The van der Waals surface area contributed by atoms with E-state index in [4.69, 9.17) is 5.11 Å². The van der Waals surface area contributed by atoms with Crippen molar-refractivity contribution in [3.63, 3.8) is 0 Å². The van der Waals surface area contributed by atoms with Crippen LogP contribution in [0.5, 0.6) is 0 Å². The number of piperazine rings is 1. The van der Waals surface area contributed by atoms with Gasteiger partial charge in [0.15, 0.2) is 0 Å². The number of hydrogen-bond acceptors (Lipinski definition) is 4. The zero-order valence-electron chi connectivity index (χ0n) is 11.1. The minimum absolute atomic E-state index is 0.291. The number of nitrogens with zero attached hydrogens (tertiary/aromatic N) is 2. The molecule has 17 heavy (non-hydrogen) atoms. The van der Waals surface area contributed by atoms with Crippen molar-refractivity contribution in [2.45, 2.75) is 38.3 Å². The molecule has 0 spiro atoms. The highest BCUT2D eigenvalue weighted by Gasteiger charge is 2.31. The van der Waals surface area contributed by atoms with E-state index >= 15 is 0 Å². The lowest BCUT2D eigenvalue weighted by Gasteiger charge is -2.36. The zero-order chi connectivity index (χ0) is 12.1. The fourth-order valence-corrected chi connectivity index (χ4v) is 2.76. The van der Waals surface area contributed by atoms with Crippen molar-refractivity contribution < 1.29 is 5.11 Å². The third kappa shape index (κ3) is 4.21. The number of likely N-dealkylation sites (N-methyl/N-ethyl adjacent to an activating group) is 1. The topological polar surface area (TPSA) is 38.7 Å². The molecule has 4 heteroatoms. The second kappa shape index (κ2) is 6.69. The van der Waals surface area contributed by atoms with Crippen molar-refractivity contribution in [1.29, 1.82) is 0 Å². The first kappa shape index (κ1) is 13.3. The first-order chi connectivity index (χ1) is 8.33. The van der Waals surface area contributed by atoms with Crippen LogP contribution in [-0.2, 0) is 0 Å². The molecule has 1 unspecified atom stereocenters. The normalized spacial score (nSPS) is 25.1. The Hall–Kier alpha value is -0.160. The van der Waals surface area contributed by atoms with E-state index in [0.29, 0.717) is 12.6 Å². The van der Waals surface area contributed by atoms with Crippen LogP contribution in [0.3, 0.4) is 0 Å². The average Bonchev–Trinajstić information content (AvgIpc) is 3.15. The van der Waals surface area contributed by atoms with Crippen molar-refractivity contribution in [2.24, 2.45) is 0 Å². The smallest absolute Gasteiger partial charge is 0.0446 e. The Balaban J connectivity index is 1.67. The van der Waals surface area contributed by atoms with Gasteiger partial charge in [-0.05, 0) is 25.8 Å². The molecule has 0 amide bonds. The van der Waals surface area contributed by atoms with Crippen molar-refractivity contribution in [1.82, 2.24) is 15.1 Å². The van der Waals surface area contributed by atoms with Crippen LogP contribution >= 0.6 is 0 Å². The zero-order valence-corrected chi connectivity index (χ0v) is 11.1. The van der Waals surface area contributed by atoms with E-state index in [1.54, 1.807) is 0 Å². The Morgan fingerprint density at radius 3 is 2.47 bits per heavy atom. The maximum Gasteiger partial charge on any atom is 0.0446 e. The molecule has 1 heterocycles. The molecule has 1 aliphatic heterocycles. The molecule has 0 radical (unpaired) electrons. The Morgan fingerprint density at radius 1 is 1.24 bits per heavy atom. The highest BCUT2D eigenvalue weighted by atomic mass is 16.3. The van der Waals surface area contributed by atoms with E-state index in [9.17, 15) is 0 Å². The van der Waals surface area contributed by atoms with Crippen molar-refractivity contribution in [2.75, 3.05) is 45.9 Å². The van der Waals surface area contributed by atoms with Gasteiger partial charge in [-0.25, -0.2) is 0 Å². The van der Waals surface area contributed by atoms with Crippen molar-refractivity contribution >= 4 is 0 Å². The molecular weight excluding hydrogens is 214 g/mol. The van der Waals surface area contributed by atoms with Crippen LogP contribution in [0.4, 0.5) is 0 Å². The molecule has 1 aliphatic carbocycles. The Kier molecular flexibility index (Phi) is 5.22. The molecule has 2 aliphatic rings. The largest absolute Gasteiger partial charge is 0.396 e. The van der Waals surface area contributed by atoms with E-state index in [-0.39, 0.29) is 0 Å². The summed E-state index contributed by atoms with van der Waals surface area (Å²) in [5.41, 5.74) is 0. The van der Waals surface area contributed by atoms with Gasteiger partial charge in [0, 0.05) is 51.4 Å². The van der Waals surface area contributed by atoms with Gasteiger partial charge in [0.05, 0.1) is 0 Å². The predicted molar refractivity (Wildman–Crippen MR) is 70.2 cm³/mol. The lowest BCUT2D eigenvalue weighted by Crippen LogP contribution is -2.51. The van der Waals surface area contributed by atoms with Gasteiger partial charge in [0.25, 0.3) is 0 Å². The van der Waals surface area contributed by atoms with Crippen LogP contribution in [0, 0.1) is 0 Å². The first-order valence-corrected chi connectivity index (χ1v) is 7.14. The maximum absolute atomic E-state index is 9.05. The van der Waals surface area contributed by atoms with Crippen molar-refractivity contribution in [3.05, 3.63) is 0 Å². The van der Waals surface area contributed by atoms with Crippen molar-refractivity contribution in [3.8, 4) is 0 Å². The van der Waals surface area contributed by atoms with Gasteiger partial charge in [-0.3, -0.25) is 9.80 Å². The summed E-state index contributed by atoms with van der Waals surface area (Å²) < 4.78 is 0. The molecule has 1 saturated heterocycles. The third-order valence-electron chi connectivity index (χ3n) is 3.92. The van der Waals surface area contributed by atoms with Gasteiger partial charge in [-0.2, -0.15) is 0 Å². The standard InChI is InChI=1S/C13H27N3O/c1-2-14-12(5-10-17)11-15-6-8-16(9-7-15)13-3-4-13/h12-14,17H,2-11H2,1H3. The van der Waals surface area contributed by atoms with Crippen LogP contribution in [0.2, 0.25) is 0 Å². The van der Waals surface area contributed by atoms with Crippen LogP contribution in [-0.4, -0.2) is 72.9 Å². The second-order valence-electron chi connectivity index (χ2n) is 5.33. The van der Waals surface area contributed by atoms with Crippen LogP contribution < -0.4 is 5.32 Å². The minimum Gasteiger partial charge on any atom is -0.396 e. The van der Waals surface area contributed by atoms with Gasteiger partial charge in [-0.15, -0.1) is 0 Å². The fourth-order valence-electron chi connectivity index (χ4n) is 2.76. The molecule has 4 nitrogen and oxygen atoms in total. The molecule has 100 valence electrons. The third-order valence-corrected chi connectivity index (χ3v) is 3.92. The van der Waals surface area contributed by atoms with Gasteiger partial charge in [-0.1, -0.05) is 6.92 Å². The van der Waals surface area contributed by atoms with Gasteiger partial charge in [0.2, 0.25) is 0 Å². The monoisotopic (exact) mass is 241 g/mol. The summed E-state index contributed by atoms with van der Waals surface area (Å²) in [5, 5.41) is 12.5. The second-order valence-corrected chi connectivity index (χ2v) is 5.33. The lowest BCUT2D eigenvalue weighted by atomic mass is 10.2. The predicted octanol–water partition coefficient (Wildman–Crippen LogP) is 0.127. The molecule has 0 aromatic rings. The molecule has 0 bridgehead atoms. The van der Waals surface area contributed by atoms with Gasteiger partial charge in [0.1, 0.15) is 0 Å². The van der Waals surface area contributed by atoms with Gasteiger partial charge >= 0.3 is 0 Å². The van der Waals surface area contributed by atoms with Gasteiger partial charge < -0.3 is 10.4 Å². The molecule has 1 saturated carbocycles. The molecule has 2 N–H and O–H groups in total. The van der Waals surface area contributed by atoms with E-state index in [2.05, 4.69) is 22.0 Å². The number of aliphatic hydroxyl groups is 1. The van der Waals surface area contributed by atoms with Crippen LogP contribution in [0.15, 0.2) is 0 Å². The van der Waals surface area contributed by atoms with E-state index in [1.165, 1.54) is 39.0 Å². The number of aliphatic hydroxyl groups excluding tert-OH is 1. The Bertz CT molecular complexity index is 207. The highest BCUT2D eigenvalue weighted by molar-refractivity contribution is 4.88. The quantitative estimate of drug-likeness (QED) is 0.664. The maximum atomic E-state index is 9.05. The summed E-state index contributed by atoms with van der Waals surface area (Å²) >= 11 is 0. The van der Waals surface area contributed by atoms with Crippen LogP contribution in [0.25, 0.3) is 0 Å². The number of hydrogen-bond donors (Lipinski definition) is 2. The molecule has 0 aromatic carbocycles. The van der Waals surface area contributed by atoms with E-state index < -0.39 is 0 Å². The highest BCUT2D eigenvalue weighted by Crippen LogP contribution is 2.27. The fraction of sp³-hybridized carbons (Fsp3) is 1.00. The van der Waals surface area contributed by atoms with E-state index in [0.717, 1.165) is 25.6 Å². The van der Waals surface area contributed by atoms with E-state index in [1.807, 2.05) is 0 Å². The molecule has 0 aromatic heterocycles. The van der Waals surface area contributed by atoms with Crippen LogP contribution in [0.1, 0.15) is 26.2 Å². The SMILES string of the molecule is CCNC(CCO)CN1CCN(C2CC2)CC1. The summed E-state index contributed by atoms with van der Waals surface area (Å²) in [7, 11) is 0. The number of nitrogens with one attached hydrogen (secondary N) is 1. The summed E-state index contributed by atoms with van der Waals surface area (Å²) in [5.74, 6) is 0. The number of rotatable bonds is 7. The molecule has 2 fully saturated rings. The molecule has 1 atom stereocenters. The average molecular weight is 241 g/mol.